The summed E-state index contributed by atoms with van der Waals surface area (Å²) in [6.07, 6.45) is 2.62. The van der Waals surface area contributed by atoms with Crippen LogP contribution in [0.3, 0.4) is 0 Å². The van der Waals surface area contributed by atoms with Gasteiger partial charge in [0.05, 0.1) is 0 Å². The zero-order valence-electron chi connectivity index (χ0n) is 20.0. The molecule has 7 heteroatoms. The first kappa shape index (κ1) is 23.4. The lowest BCUT2D eigenvalue weighted by Crippen LogP contribution is -2.50. The molecule has 7 nitrogen and oxygen atoms in total. The number of benzene rings is 2. The molecule has 0 aliphatic heterocycles. The van der Waals surface area contributed by atoms with E-state index in [1.54, 1.807) is 11.9 Å². The van der Waals surface area contributed by atoms with Crippen LogP contribution in [0.25, 0.3) is 11.1 Å². The van der Waals surface area contributed by atoms with E-state index < -0.39 is 12.1 Å². The van der Waals surface area contributed by atoms with Crippen LogP contribution in [0.2, 0.25) is 0 Å². The van der Waals surface area contributed by atoms with Gasteiger partial charge in [0.15, 0.2) is 0 Å². The van der Waals surface area contributed by atoms with Crippen LogP contribution < -0.4 is 5.32 Å². The molecule has 184 valence electrons. The molecule has 2 amide bonds. The number of fused-ring (bicyclic) bond motifs is 4. The van der Waals surface area contributed by atoms with Gasteiger partial charge in [-0.2, -0.15) is 0 Å². The molecule has 35 heavy (non-hydrogen) atoms. The Hall–Kier alpha value is -3.35. The normalized spacial score (nSPS) is 24.0. The SMILES string of the molecule is CN(CCCC(=O)O)C(=O)C1C[C@H]2C[C@@H](NC(=O)OCC3c4ccccc4-c4ccccc43)[C@H]2C1. The lowest BCUT2D eigenvalue weighted by Gasteiger charge is -2.40. The van der Waals surface area contributed by atoms with E-state index in [-0.39, 0.29) is 30.2 Å². The highest BCUT2D eigenvalue weighted by atomic mass is 16.5. The van der Waals surface area contributed by atoms with Crippen molar-refractivity contribution >= 4 is 18.0 Å². The third kappa shape index (κ3) is 4.64. The molecule has 0 saturated heterocycles. The third-order valence-electron chi connectivity index (χ3n) is 8.08. The predicted octanol–water partition coefficient (Wildman–Crippen LogP) is 4.26. The summed E-state index contributed by atoms with van der Waals surface area (Å²) in [6, 6.07) is 16.6. The number of hydrogen-bond donors (Lipinski definition) is 2. The highest BCUT2D eigenvalue weighted by Crippen LogP contribution is 2.50. The second-order valence-electron chi connectivity index (χ2n) is 10.2. The smallest absolute Gasteiger partial charge is 0.407 e. The van der Waals surface area contributed by atoms with Crippen molar-refractivity contribution in [2.24, 2.45) is 17.8 Å². The minimum Gasteiger partial charge on any atom is -0.481 e. The summed E-state index contributed by atoms with van der Waals surface area (Å²) in [6.45, 7) is 0.751. The number of nitrogens with zero attached hydrogens (tertiary/aromatic N) is 1. The van der Waals surface area contributed by atoms with Crippen LogP contribution in [0.5, 0.6) is 0 Å². The van der Waals surface area contributed by atoms with E-state index in [0.29, 0.717) is 31.4 Å². The monoisotopic (exact) mass is 476 g/mol. The Labute approximate surface area is 205 Å². The van der Waals surface area contributed by atoms with Gasteiger partial charge >= 0.3 is 12.1 Å². The maximum Gasteiger partial charge on any atom is 0.407 e. The maximum atomic E-state index is 12.8. The number of rotatable bonds is 8. The lowest BCUT2D eigenvalue weighted by atomic mass is 9.71. The lowest BCUT2D eigenvalue weighted by molar-refractivity contribution is -0.138. The van der Waals surface area contributed by atoms with Gasteiger partial charge in [-0.25, -0.2) is 4.79 Å². The number of carbonyl (C=O) groups excluding carboxylic acids is 2. The fourth-order valence-corrected chi connectivity index (χ4v) is 6.27. The Morgan fingerprint density at radius 1 is 1.00 bits per heavy atom. The Morgan fingerprint density at radius 3 is 2.31 bits per heavy atom. The van der Waals surface area contributed by atoms with Crippen molar-refractivity contribution in [3.63, 3.8) is 0 Å². The quantitative estimate of drug-likeness (QED) is 0.593. The Bertz CT molecular complexity index is 1090. The van der Waals surface area contributed by atoms with Crippen LogP contribution in [0.1, 0.15) is 49.1 Å². The molecule has 0 radical (unpaired) electrons. The number of hydrogen-bond acceptors (Lipinski definition) is 4. The standard InChI is InChI=1S/C28H32N2O5/c1-30(12-6-11-26(31)32)27(33)18-13-17-15-25(23(17)14-18)29-28(34)35-16-24-21-9-4-2-7-19(21)20-8-3-5-10-22(20)24/h2-5,7-10,17-18,23-25H,6,11-16H2,1H3,(H,29,34)(H,31,32)/t17-,18?,23-,25+/m0/s1. The van der Waals surface area contributed by atoms with E-state index in [4.69, 9.17) is 9.84 Å². The second kappa shape index (κ2) is 9.72. The second-order valence-corrected chi connectivity index (χ2v) is 10.2. The summed E-state index contributed by atoms with van der Waals surface area (Å²) in [5.41, 5.74) is 4.78. The minimum absolute atomic E-state index is 0.0347. The number of carboxylic acid groups (broad SMARTS) is 1. The molecule has 2 aromatic carbocycles. The average molecular weight is 477 g/mol. The molecule has 3 aliphatic carbocycles. The number of ether oxygens (including phenoxy) is 1. The molecule has 2 fully saturated rings. The van der Waals surface area contributed by atoms with Crippen molar-refractivity contribution in [1.82, 2.24) is 10.2 Å². The summed E-state index contributed by atoms with van der Waals surface area (Å²) >= 11 is 0. The van der Waals surface area contributed by atoms with Crippen LogP contribution in [-0.4, -0.2) is 54.2 Å². The van der Waals surface area contributed by atoms with Gasteiger partial charge in [0.2, 0.25) is 5.91 Å². The third-order valence-corrected chi connectivity index (χ3v) is 8.08. The minimum atomic E-state index is -0.841. The molecule has 0 heterocycles. The molecule has 0 spiro atoms. The van der Waals surface area contributed by atoms with Crippen molar-refractivity contribution in [3.8, 4) is 11.1 Å². The zero-order valence-corrected chi connectivity index (χ0v) is 20.0. The maximum absolute atomic E-state index is 12.8. The Kier molecular flexibility index (Phi) is 6.50. The van der Waals surface area contributed by atoms with Crippen molar-refractivity contribution in [1.29, 1.82) is 0 Å². The van der Waals surface area contributed by atoms with E-state index in [9.17, 15) is 14.4 Å². The fraction of sp³-hybridized carbons (Fsp3) is 0.464. The van der Waals surface area contributed by atoms with Crippen molar-refractivity contribution in [2.75, 3.05) is 20.2 Å². The van der Waals surface area contributed by atoms with Gasteiger partial charge in [0.25, 0.3) is 0 Å². The van der Waals surface area contributed by atoms with Crippen LogP contribution in [0.4, 0.5) is 4.79 Å². The number of amides is 2. The molecule has 2 saturated carbocycles. The van der Waals surface area contributed by atoms with Crippen molar-refractivity contribution < 1.29 is 24.2 Å². The molecule has 4 atom stereocenters. The van der Waals surface area contributed by atoms with E-state index in [2.05, 4.69) is 29.6 Å². The van der Waals surface area contributed by atoms with Gasteiger partial charge in [-0.15, -0.1) is 0 Å². The average Bonchev–Trinajstić information content (AvgIpc) is 3.35. The van der Waals surface area contributed by atoms with Gasteiger partial charge < -0.3 is 20.1 Å². The van der Waals surface area contributed by atoms with Crippen LogP contribution in [0, 0.1) is 17.8 Å². The molecule has 0 bridgehead atoms. The first-order valence-electron chi connectivity index (χ1n) is 12.5. The van der Waals surface area contributed by atoms with Crippen molar-refractivity contribution in [3.05, 3.63) is 59.7 Å². The van der Waals surface area contributed by atoms with Gasteiger partial charge in [0, 0.05) is 37.9 Å². The molecule has 1 unspecified atom stereocenters. The molecular weight excluding hydrogens is 444 g/mol. The predicted molar refractivity (Wildman–Crippen MR) is 131 cm³/mol. The van der Waals surface area contributed by atoms with Gasteiger partial charge in [0.1, 0.15) is 6.61 Å². The van der Waals surface area contributed by atoms with Crippen LogP contribution in [0.15, 0.2) is 48.5 Å². The summed E-state index contributed by atoms with van der Waals surface area (Å²) < 4.78 is 5.70. The highest BCUT2D eigenvalue weighted by Gasteiger charge is 2.50. The van der Waals surface area contributed by atoms with E-state index >= 15 is 0 Å². The van der Waals surface area contributed by atoms with Gasteiger partial charge in [-0.1, -0.05) is 48.5 Å². The van der Waals surface area contributed by atoms with E-state index in [0.717, 1.165) is 19.3 Å². The molecule has 5 rings (SSSR count). The summed E-state index contributed by atoms with van der Waals surface area (Å²) in [5.74, 6) is -0.00901. The number of carboxylic acids is 1. The van der Waals surface area contributed by atoms with Gasteiger partial charge in [-0.3, -0.25) is 9.59 Å². The summed E-state index contributed by atoms with van der Waals surface area (Å²) in [5, 5.41) is 11.8. The molecule has 2 N–H and O–H groups in total. The number of carbonyl (C=O) groups is 3. The first-order valence-corrected chi connectivity index (χ1v) is 12.5. The largest absolute Gasteiger partial charge is 0.481 e. The fourth-order valence-electron chi connectivity index (χ4n) is 6.27. The molecule has 2 aromatic rings. The molecular formula is C28H32N2O5. The van der Waals surface area contributed by atoms with E-state index in [1.807, 2.05) is 24.3 Å². The number of aliphatic carboxylic acids is 1. The first-order chi connectivity index (χ1) is 16.9. The Balaban J connectivity index is 1.11. The summed E-state index contributed by atoms with van der Waals surface area (Å²) in [7, 11) is 1.75. The highest BCUT2D eigenvalue weighted by molar-refractivity contribution is 5.80. The van der Waals surface area contributed by atoms with Gasteiger partial charge in [-0.05, 0) is 59.8 Å². The topological polar surface area (TPSA) is 95.9 Å². The number of nitrogens with one attached hydrogen (secondary N) is 1. The number of alkyl carbamates (subject to hydrolysis) is 1. The zero-order chi connectivity index (χ0) is 24.5. The molecule has 3 aliphatic rings. The van der Waals surface area contributed by atoms with Crippen LogP contribution >= 0.6 is 0 Å². The molecule has 0 aromatic heterocycles. The van der Waals surface area contributed by atoms with Crippen LogP contribution in [-0.2, 0) is 14.3 Å². The Morgan fingerprint density at radius 2 is 1.66 bits per heavy atom. The van der Waals surface area contributed by atoms with Crippen molar-refractivity contribution in [2.45, 2.75) is 44.1 Å². The summed E-state index contributed by atoms with van der Waals surface area (Å²) in [4.78, 5) is 37.8. The van der Waals surface area contributed by atoms with E-state index in [1.165, 1.54) is 22.3 Å².